The number of unbranched alkanes of at least 4 members (excludes halogenated alkanes) is 1. The summed E-state index contributed by atoms with van der Waals surface area (Å²) in [5.41, 5.74) is 2.49. The van der Waals surface area contributed by atoms with Gasteiger partial charge in [0.15, 0.2) is 0 Å². The predicted molar refractivity (Wildman–Crippen MR) is 74.6 cm³/mol. The Morgan fingerprint density at radius 2 is 2.00 bits per heavy atom. The summed E-state index contributed by atoms with van der Waals surface area (Å²) < 4.78 is 0. The van der Waals surface area contributed by atoms with Crippen LogP contribution < -0.4 is 10.6 Å². The Balaban J connectivity index is 2.43. The molecule has 0 spiro atoms. The molecule has 1 aromatic rings. The first kappa shape index (κ1) is 14.0. The van der Waals surface area contributed by atoms with E-state index in [-0.39, 0.29) is 0 Å². The van der Waals surface area contributed by atoms with Gasteiger partial charge in [0.05, 0.1) is 0 Å². The number of aryl methyl sites for hydroxylation is 2. The van der Waals surface area contributed by atoms with Gasteiger partial charge in [-0.3, -0.25) is 0 Å². The third-order valence-electron chi connectivity index (χ3n) is 2.94. The zero-order valence-electron chi connectivity index (χ0n) is 11.3. The summed E-state index contributed by atoms with van der Waals surface area (Å²) in [6, 6.07) is 4.35. The van der Waals surface area contributed by atoms with E-state index >= 15 is 0 Å². The Hall–Kier alpha value is -1.09. The maximum atomic E-state index is 4.65. The fraction of sp³-hybridized carbons (Fsp3) is 0.643. The predicted octanol–water partition coefficient (Wildman–Crippen LogP) is 2.62. The molecule has 1 aromatic heterocycles. The highest BCUT2D eigenvalue weighted by Crippen LogP contribution is 2.14. The second kappa shape index (κ2) is 8.07. The number of pyridine rings is 1. The lowest BCUT2D eigenvalue weighted by Gasteiger charge is -2.09. The summed E-state index contributed by atoms with van der Waals surface area (Å²) >= 11 is 0. The molecule has 0 saturated heterocycles. The Morgan fingerprint density at radius 3 is 2.65 bits per heavy atom. The van der Waals surface area contributed by atoms with Crippen LogP contribution in [-0.2, 0) is 12.8 Å². The monoisotopic (exact) mass is 235 g/mol. The number of anilines is 1. The molecule has 17 heavy (non-hydrogen) atoms. The molecule has 0 atom stereocenters. The van der Waals surface area contributed by atoms with Crippen molar-refractivity contribution in [2.75, 3.05) is 25.5 Å². The van der Waals surface area contributed by atoms with Gasteiger partial charge in [-0.2, -0.15) is 0 Å². The molecule has 3 nitrogen and oxygen atoms in total. The molecule has 1 heterocycles. The molecule has 96 valence electrons. The van der Waals surface area contributed by atoms with Crippen molar-refractivity contribution in [3.8, 4) is 0 Å². The van der Waals surface area contributed by atoms with E-state index < -0.39 is 0 Å². The molecular weight excluding hydrogens is 210 g/mol. The second-order valence-electron chi connectivity index (χ2n) is 4.22. The maximum absolute atomic E-state index is 4.65. The molecule has 0 fully saturated rings. The van der Waals surface area contributed by atoms with Gasteiger partial charge in [-0.25, -0.2) is 4.98 Å². The molecule has 0 aliphatic carbocycles. The van der Waals surface area contributed by atoms with E-state index in [1.807, 2.05) is 7.05 Å². The number of aromatic nitrogens is 1. The van der Waals surface area contributed by atoms with Crippen LogP contribution in [0.2, 0.25) is 0 Å². The quantitative estimate of drug-likeness (QED) is 0.680. The zero-order chi connectivity index (χ0) is 12.5. The molecule has 0 bridgehead atoms. The maximum Gasteiger partial charge on any atom is 0.129 e. The van der Waals surface area contributed by atoms with Gasteiger partial charge in [0.2, 0.25) is 0 Å². The van der Waals surface area contributed by atoms with Gasteiger partial charge in [0.25, 0.3) is 0 Å². The number of hydrogen-bond acceptors (Lipinski definition) is 3. The third-order valence-corrected chi connectivity index (χ3v) is 2.94. The number of hydrogen-bond donors (Lipinski definition) is 2. The van der Waals surface area contributed by atoms with Crippen LogP contribution in [0.1, 0.15) is 37.9 Å². The fourth-order valence-corrected chi connectivity index (χ4v) is 1.90. The highest BCUT2D eigenvalue weighted by Gasteiger charge is 2.02. The summed E-state index contributed by atoms with van der Waals surface area (Å²) in [5.74, 6) is 1.04. The topological polar surface area (TPSA) is 37.0 Å². The van der Waals surface area contributed by atoms with Crippen molar-refractivity contribution in [2.45, 2.75) is 39.5 Å². The molecule has 0 unspecified atom stereocenters. The highest BCUT2D eigenvalue weighted by atomic mass is 15.0. The molecule has 0 aliphatic heterocycles. The van der Waals surface area contributed by atoms with Crippen molar-refractivity contribution in [1.29, 1.82) is 0 Å². The first-order valence-electron chi connectivity index (χ1n) is 6.69. The van der Waals surface area contributed by atoms with Crippen molar-refractivity contribution < 1.29 is 0 Å². The summed E-state index contributed by atoms with van der Waals surface area (Å²) in [6.07, 6.45) is 4.53. The Labute approximate surface area is 105 Å². The molecule has 0 aliphatic rings. The molecule has 2 N–H and O–H groups in total. The van der Waals surface area contributed by atoms with Gasteiger partial charge < -0.3 is 10.6 Å². The Bertz CT molecular complexity index is 323. The standard InChI is InChI=1S/C14H25N3/c1-4-12-9-10-13(17-14(12)15-3)8-6-7-11-16-5-2/h9-10,16H,4-8,11H2,1-3H3,(H,15,17). The van der Waals surface area contributed by atoms with Crippen molar-refractivity contribution >= 4 is 5.82 Å². The van der Waals surface area contributed by atoms with Gasteiger partial charge in [-0.15, -0.1) is 0 Å². The van der Waals surface area contributed by atoms with E-state index in [2.05, 4.69) is 41.6 Å². The van der Waals surface area contributed by atoms with Crippen LogP contribution in [0, 0.1) is 0 Å². The molecule has 3 heteroatoms. The van der Waals surface area contributed by atoms with Gasteiger partial charge in [0, 0.05) is 12.7 Å². The van der Waals surface area contributed by atoms with Gasteiger partial charge in [-0.05, 0) is 50.4 Å². The van der Waals surface area contributed by atoms with Crippen LogP contribution in [0.4, 0.5) is 5.82 Å². The van der Waals surface area contributed by atoms with E-state index in [9.17, 15) is 0 Å². The Kier molecular flexibility index (Phi) is 6.63. The zero-order valence-corrected chi connectivity index (χ0v) is 11.3. The lowest BCUT2D eigenvalue weighted by molar-refractivity contribution is 0.637. The summed E-state index contributed by atoms with van der Waals surface area (Å²) in [6.45, 7) is 6.48. The van der Waals surface area contributed by atoms with Crippen LogP contribution >= 0.6 is 0 Å². The van der Waals surface area contributed by atoms with Crippen molar-refractivity contribution in [1.82, 2.24) is 10.3 Å². The molecule has 0 saturated carbocycles. The van der Waals surface area contributed by atoms with Crippen LogP contribution in [0.5, 0.6) is 0 Å². The Morgan fingerprint density at radius 1 is 1.18 bits per heavy atom. The van der Waals surface area contributed by atoms with Crippen LogP contribution in [0.3, 0.4) is 0 Å². The molecule has 0 radical (unpaired) electrons. The van der Waals surface area contributed by atoms with Crippen LogP contribution in [-0.4, -0.2) is 25.1 Å². The minimum Gasteiger partial charge on any atom is -0.373 e. The third kappa shape index (κ3) is 4.73. The molecule has 1 rings (SSSR count). The number of nitrogens with zero attached hydrogens (tertiary/aromatic N) is 1. The van der Waals surface area contributed by atoms with Gasteiger partial charge in [0.1, 0.15) is 5.82 Å². The lowest BCUT2D eigenvalue weighted by Crippen LogP contribution is -2.14. The minimum atomic E-state index is 1.03. The van der Waals surface area contributed by atoms with Crippen LogP contribution in [0.25, 0.3) is 0 Å². The van der Waals surface area contributed by atoms with E-state index in [0.29, 0.717) is 0 Å². The average Bonchev–Trinajstić information content (AvgIpc) is 2.38. The molecule has 0 aromatic carbocycles. The molecule has 0 amide bonds. The van der Waals surface area contributed by atoms with Gasteiger partial charge in [-0.1, -0.05) is 19.9 Å². The first-order valence-corrected chi connectivity index (χ1v) is 6.69. The van der Waals surface area contributed by atoms with Gasteiger partial charge >= 0.3 is 0 Å². The van der Waals surface area contributed by atoms with E-state index in [0.717, 1.165) is 31.7 Å². The van der Waals surface area contributed by atoms with E-state index in [4.69, 9.17) is 0 Å². The largest absolute Gasteiger partial charge is 0.373 e. The summed E-state index contributed by atoms with van der Waals surface area (Å²) in [5, 5.41) is 6.52. The van der Waals surface area contributed by atoms with E-state index in [1.54, 1.807) is 0 Å². The van der Waals surface area contributed by atoms with Crippen molar-refractivity contribution in [3.05, 3.63) is 23.4 Å². The SMILES string of the molecule is CCNCCCCc1ccc(CC)c(NC)n1. The summed E-state index contributed by atoms with van der Waals surface area (Å²) in [7, 11) is 1.94. The fourth-order valence-electron chi connectivity index (χ4n) is 1.90. The average molecular weight is 235 g/mol. The smallest absolute Gasteiger partial charge is 0.129 e. The second-order valence-corrected chi connectivity index (χ2v) is 4.22. The normalized spacial score (nSPS) is 10.5. The summed E-state index contributed by atoms with van der Waals surface area (Å²) in [4.78, 5) is 4.65. The van der Waals surface area contributed by atoms with E-state index in [1.165, 1.54) is 24.1 Å². The first-order chi connectivity index (χ1) is 8.31. The lowest BCUT2D eigenvalue weighted by atomic mass is 10.1. The van der Waals surface area contributed by atoms with Crippen molar-refractivity contribution in [2.24, 2.45) is 0 Å². The highest BCUT2D eigenvalue weighted by molar-refractivity contribution is 5.44. The minimum absolute atomic E-state index is 1.03. The number of nitrogens with one attached hydrogen (secondary N) is 2. The van der Waals surface area contributed by atoms with Crippen LogP contribution in [0.15, 0.2) is 12.1 Å². The number of rotatable bonds is 8. The van der Waals surface area contributed by atoms with Crippen molar-refractivity contribution in [3.63, 3.8) is 0 Å². The molecular formula is C14H25N3.